The Kier molecular flexibility index (Phi) is 11.3. The Labute approximate surface area is 315 Å². The van der Waals surface area contributed by atoms with Gasteiger partial charge in [0.2, 0.25) is 0 Å². The highest BCUT2D eigenvalue weighted by Gasteiger charge is 2.30. The summed E-state index contributed by atoms with van der Waals surface area (Å²) in [5, 5.41) is 10.8. The number of fused-ring (bicyclic) bond motifs is 2. The maximum absolute atomic E-state index is 13.1. The van der Waals surface area contributed by atoms with Crippen LogP contribution in [-0.2, 0) is 11.2 Å². The van der Waals surface area contributed by atoms with Crippen LogP contribution in [0.1, 0.15) is 64.7 Å². The van der Waals surface area contributed by atoms with Crippen molar-refractivity contribution in [3.63, 3.8) is 0 Å². The van der Waals surface area contributed by atoms with Crippen LogP contribution in [0.25, 0.3) is 11.3 Å². The molecule has 1 fully saturated rings. The highest BCUT2D eigenvalue weighted by atomic mass is 35.5. The van der Waals surface area contributed by atoms with Crippen molar-refractivity contribution >= 4 is 64.1 Å². The van der Waals surface area contributed by atoms with Gasteiger partial charge in [-0.05, 0) is 58.1 Å². The third-order valence-corrected chi connectivity index (χ3v) is 9.93. The Bertz CT molecular complexity index is 2240. The number of halogens is 1. The summed E-state index contributed by atoms with van der Waals surface area (Å²) >= 11 is 9.07. The molecule has 0 radical (unpaired) electrons. The fourth-order valence-electron chi connectivity index (χ4n) is 5.88. The quantitative estimate of drug-likeness (QED) is 0.0863. The summed E-state index contributed by atoms with van der Waals surface area (Å²) in [6, 6.07) is 22.0. The molecule has 0 N–H and O–H groups in total. The molecule has 14 heteroatoms. The number of hydrogen-bond donors (Lipinski definition) is 0. The van der Waals surface area contributed by atoms with E-state index in [0.717, 1.165) is 28.6 Å². The average Bonchev–Trinajstić information content (AvgIpc) is 3.90. The molecule has 1 aliphatic rings. The lowest BCUT2D eigenvalue weighted by molar-refractivity contribution is 0.0288. The van der Waals surface area contributed by atoms with Crippen molar-refractivity contribution in [2.75, 3.05) is 25.6 Å². The van der Waals surface area contributed by atoms with E-state index in [4.69, 9.17) is 21.3 Å². The van der Waals surface area contributed by atoms with Gasteiger partial charge in [-0.15, -0.1) is 23.5 Å². The van der Waals surface area contributed by atoms with Crippen LogP contribution in [0.3, 0.4) is 0 Å². The van der Waals surface area contributed by atoms with E-state index in [-0.39, 0.29) is 17.7 Å². The van der Waals surface area contributed by atoms with E-state index in [2.05, 4.69) is 15.2 Å². The van der Waals surface area contributed by atoms with Crippen molar-refractivity contribution in [1.29, 1.82) is 0 Å². The lowest BCUT2D eigenvalue weighted by Crippen LogP contribution is -2.35. The molecule has 268 valence electrons. The molecular weight excluding hydrogens is 718 g/mol. The molecule has 1 saturated heterocycles. The predicted molar refractivity (Wildman–Crippen MR) is 204 cm³/mol. The number of ether oxygens (including phenoxy) is 1. The van der Waals surface area contributed by atoms with Gasteiger partial charge in [0.15, 0.2) is 22.9 Å². The molecule has 0 aliphatic carbocycles. The number of rotatable bonds is 8. The van der Waals surface area contributed by atoms with Gasteiger partial charge in [0.05, 0.1) is 23.5 Å². The summed E-state index contributed by atoms with van der Waals surface area (Å²) in [5.41, 5.74) is 3.63. The zero-order valence-electron chi connectivity index (χ0n) is 29.4. The summed E-state index contributed by atoms with van der Waals surface area (Å²) in [4.78, 5) is 48.7. The number of hydrogen-bond acceptors (Lipinski definition) is 10. The Morgan fingerprint density at radius 3 is 1.85 bits per heavy atom. The van der Waals surface area contributed by atoms with Crippen LogP contribution in [0.4, 0.5) is 4.79 Å². The van der Waals surface area contributed by atoms with Gasteiger partial charge in [0, 0.05) is 36.0 Å². The molecule has 2 aromatic carbocycles. The SMILES string of the molecule is CSc1cc(C[C@H]2CCN(C(=O)OC(C)(C)C)C2)nc2c(C(=O)c3ccccc3)cnn12.CSc1cc(Cl)nc2c(C(=O)c3ccccc3)cnn12. The Balaban J connectivity index is 0.000000198. The van der Waals surface area contributed by atoms with E-state index in [1.807, 2.05) is 75.7 Å². The van der Waals surface area contributed by atoms with Gasteiger partial charge in [-0.2, -0.15) is 10.2 Å². The Morgan fingerprint density at radius 2 is 1.33 bits per heavy atom. The molecule has 1 aliphatic heterocycles. The molecule has 1 amide bonds. The summed E-state index contributed by atoms with van der Waals surface area (Å²) in [7, 11) is 0. The van der Waals surface area contributed by atoms with Crippen molar-refractivity contribution < 1.29 is 19.1 Å². The molecule has 52 heavy (non-hydrogen) atoms. The summed E-state index contributed by atoms with van der Waals surface area (Å²) in [6.07, 6.45) is 8.40. The van der Waals surface area contributed by atoms with E-state index in [0.29, 0.717) is 57.7 Å². The van der Waals surface area contributed by atoms with Crippen LogP contribution in [-0.4, -0.2) is 83.0 Å². The van der Waals surface area contributed by atoms with E-state index in [9.17, 15) is 14.4 Å². The predicted octanol–water partition coefficient (Wildman–Crippen LogP) is 7.82. The third kappa shape index (κ3) is 8.32. The number of likely N-dealkylation sites (tertiary alicyclic amines) is 1. The smallest absolute Gasteiger partial charge is 0.410 e. The van der Waals surface area contributed by atoms with Crippen LogP contribution < -0.4 is 0 Å². The fourth-order valence-corrected chi connectivity index (χ4v) is 7.23. The van der Waals surface area contributed by atoms with Crippen molar-refractivity contribution in [2.45, 2.75) is 49.3 Å². The number of amides is 1. The molecule has 0 saturated carbocycles. The first kappa shape index (κ1) is 37.1. The second-order valence-electron chi connectivity index (χ2n) is 13.2. The third-order valence-electron chi connectivity index (χ3n) is 8.31. The molecule has 0 spiro atoms. The molecule has 0 bridgehead atoms. The van der Waals surface area contributed by atoms with Gasteiger partial charge in [-0.1, -0.05) is 72.3 Å². The largest absolute Gasteiger partial charge is 0.444 e. The van der Waals surface area contributed by atoms with Crippen LogP contribution >= 0.6 is 35.1 Å². The molecule has 6 aromatic rings. The van der Waals surface area contributed by atoms with Crippen LogP contribution in [0.15, 0.2) is 95.2 Å². The minimum absolute atomic E-state index is 0.0886. The number of carbonyl (C=O) groups excluding carboxylic acids is 3. The second kappa shape index (κ2) is 15.9. The molecule has 5 heterocycles. The van der Waals surface area contributed by atoms with Gasteiger partial charge in [0.1, 0.15) is 20.8 Å². The van der Waals surface area contributed by atoms with Gasteiger partial charge >= 0.3 is 6.09 Å². The lowest BCUT2D eigenvalue weighted by atomic mass is 10.0. The van der Waals surface area contributed by atoms with Crippen molar-refractivity contribution in [2.24, 2.45) is 5.92 Å². The Hall–Kier alpha value is -4.72. The number of benzene rings is 2. The first-order chi connectivity index (χ1) is 25.0. The molecule has 1 atom stereocenters. The van der Waals surface area contributed by atoms with Gasteiger partial charge < -0.3 is 9.64 Å². The summed E-state index contributed by atoms with van der Waals surface area (Å²) in [5.74, 6) is 0.0973. The highest BCUT2D eigenvalue weighted by Crippen LogP contribution is 2.27. The maximum atomic E-state index is 13.1. The van der Waals surface area contributed by atoms with E-state index in [1.165, 1.54) is 18.0 Å². The minimum Gasteiger partial charge on any atom is -0.444 e. The van der Waals surface area contributed by atoms with Crippen molar-refractivity contribution in [3.8, 4) is 0 Å². The van der Waals surface area contributed by atoms with E-state index < -0.39 is 5.60 Å². The number of carbonyl (C=O) groups is 3. The fraction of sp³-hybridized carbons (Fsp3) is 0.289. The molecule has 11 nitrogen and oxygen atoms in total. The molecule has 0 unspecified atom stereocenters. The van der Waals surface area contributed by atoms with Crippen LogP contribution in [0, 0.1) is 5.92 Å². The number of ketones is 2. The van der Waals surface area contributed by atoms with E-state index >= 15 is 0 Å². The van der Waals surface area contributed by atoms with Crippen LogP contribution in [0.2, 0.25) is 5.15 Å². The lowest BCUT2D eigenvalue weighted by Gasteiger charge is -2.24. The first-order valence-electron chi connectivity index (χ1n) is 16.6. The molecular formula is C38H38ClN7O4S2. The normalized spacial score (nSPS) is 14.3. The standard InChI is InChI=1S/C24H28N4O3S.C14H10ClN3OS/c1-24(2,3)31-23(30)27-11-10-16(15-27)12-18-13-20(32-4)28-22(26-18)19(14-25-28)21(29)17-8-6-5-7-9-17;1-20-12-7-11(15)17-14-10(8-16-18(12)14)13(19)9-5-3-2-4-6-9/h5-9,13-14,16H,10-12,15H2,1-4H3;2-8H,1H3/t16-;/m1./s1. The zero-order valence-corrected chi connectivity index (χ0v) is 31.8. The second-order valence-corrected chi connectivity index (χ2v) is 15.2. The Morgan fingerprint density at radius 1 is 0.808 bits per heavy atom. The monoisotopic (exact) mass is 755 g/mol. The highest BCUT2D eigenvalue weighted by molar-refractivity contribution is 7.98. The first-order valence-corrected chi connectivity index (χ1v) is 19.5. The van der Waals surface area contributed by atoms with Gasteiger partial charge in [-0.3, -0.25) is 9.59 Å². The van der Waals surface area contributed by atoms with Gasteiger partial charge in [-0.25, -0.2) is 23.8 Å². The number of thioether (sulfide) groups is 2. The number of aromatic nitrogens is 6. The van der Waals surface area contributed by atoms with Crippen LogP contribution in [0.5, 0.6) is 0 Å². The van der Waals surface area contributed by atoms with Crippen molar-refractivity contribution in [1.82, 2.24) is 34.1 Å². The average molecular weight is 756 g/mol. The van der Waals surface area contributed by atoms with Gasteiger partial charge in [0.25, 0.3) is 0 Å². The van der Waals surface area contributed by atoms with Crippen molar-refractivity contribution in [3.05, 3.63) is 118 Å². The zero-order chi connectivity index (χ0) is 37.0. The van der Waals surface area contributed by atoms with E-state index in [1.54, 1.807) is 62.2 Å². The maximum Gasteiger partial charge on any atom is 0.410 e. The molecule has 4 aromatic heterocycles. The number of nitrogens with zero attached hydrogens (tertiary/aromatic N) is 7. The molecule has 7 rings (SSSR count). The minimum atomic E-state index is -0.501. The summed E-state index contributed by atoms with van der Waals surface area (Å²) < 4.78 is 8.87. The topological polar surface area (TPSA) is 124 Å². The summed E-state index contributed by atoms with van der Waals surface area (Å²) in [6.45, 7) is 6.96.